The fourth-order valence-corrected chi connectivity index (χ4v) is 5.11. The van der Waals surface area contributed by atoms with Gasteiger partial charge in [0.2, 0.25) is 5.91 Å². The number of aliphatic hydroxyl groups is 1. The van der Waals surface area contributed by atoms with Crippen molar-refractivity contribution < 1.29 is 15.0 Å². The summed E-state index contributed by atoms with van der Waals surface area (Å²) in [6.07, 6.45) is 3.19. The van der Waals surface area contributed by atoms with E-state index in [2.05, 4.69) is 24.5 Å². The van der Waals surface area contributed by atoms with Crippen LogP contribution in [0.15, 0.2) is 24.3 Å². The monoisotopic (exact) mass is 405 g/mol. The van der Waals surface area contributed by atoms with Gasteiger partial charge in [-0.2, -0.15) is 0 Å². The molecule has 1 aromatic rings. The molecule has 5 atom stereocenters. The Kier molecular flexibility index (Phi) is 6.78. The third-order valence-electron chi connectivity index (χ3n) is 6.08. The van der Waals surface area contributed by atoms with Crippen LogP contribution in [-0.2, 0) is 4.79 Å². The first kappa shape index (κ1) is 20.9. The number of rotatable bonds is 5. The standard InChI is InChI=1S/C21H31N3O3S/c1-13-9-14(2)19-15(10-13)11-16(20(27)23-19)12-24(7-8-25)21(28)22-17-3-5-18(26)6-4-17/h3-6,13-16,19,25-26H,7-12H2,1-2H3,(H,22,28)(H,23,27). The second-order valence-electron chi connectivity index (χ2n) is 8.43. The third-order valence-corrected chi connectivity index (χ3v) is 6.44. The summed E-state index contributed by atoms with van der Waals surface area (Å²) in [5, 5.41) is 25.8. The van der Waals surface area contributed by atoms with Crippen molar-refractivity contribution >= 4 is 28.9 Å². The van der Waals surface area contributed by atoms with Crippen molar-refractivity contribution in [1.82, 2.24) is 10.2 Å². The smallest absolute Gasteiger partial charge is 0.225 e. The highest BCUT2D eigenvalue weighted by atomic mass is 32.1. The highest BCUT2D eigenvalue weighted by molar-refractivity contribution is 7.80. The van der Waals surface area contributed by atoms with E-state index < -0.39 is 0 Å². The summed E-state index contributed by atoms with van der Waals surface area (Å²) >= 11 is 5.52. The van der Waals surface area contributed by atoms with E-state index in [4.69, 9.17) is 12.2 Å². The Morgan fingerprint density at radius 2 is 1.96 bits per heavy atom. The molecule has 7 heteroatoms. The molecule has 6 nitrogen and oxygen atoms in total. The Morgan fingerprint density at radius 1 is 1.25 bits per heavy atom. The molecule has 0 spiro atoms. The van der Waals surface area contributed by atoms with Crippen molar-refractivity contribution in [2.45, 2.75) is 39.2 Å². The lowest BCUT2D eigenvalue weighted by atomic mass is 9.68. The van der Waals surface area contributed by atoms with Crippen LogP contribution >= 0.6 is 12.2 Å². The van der Waals surface area contributed by atoms with Crippen LogP contribution in [0.5, 0.6) is 5.75 Å². The predicted molar refractivity (Wildman–Crippen MR) is 114 cm³/mol. The van der Waals surface area contributed by atoms with Crippen LogP contribution in [0.2, 0.25) is 0 Å². The van der Waals surface area contributed by atoms with E-state index in [0.29, 0.717) is 36.0 Å². The zero-order valence-electron chi connectivity index (χ0n) is 16.6. The number of fused-ring (bicyclic) bond motifs is 1. The zero-order chi connectivity index (χ0) is 20.3. The molecule has 1 amide bonds. The molecule has 4 N–H and O–H groups in total. The molecule has 1 saturated carbocycles. The number of hydrogen-bond acceptors (Lipinski definition) is 4. The molecule has 1 aromatic carbocycles. The number of nitrogens with zero attached hydrogens (tertiary/aromatic N) is 1. The van der Waals surface area contributed by atoms with Crippen LogP contribution in [0.25, 0.3) is 0 Å². The molecule has 0 radical (unpaired) electrons. The maximum absolute atomic E-state index is 12.7. The van der Waals surface area contributed by atoms with E-state index in [0.717, 1.165) is 18.5 Å². The zero-order valence-corrected chi connectivity index (χ0v) is 17.4. The molecule has 28 heavy (non-hydrogen) atoms. The molecule has 1 saturated heterocycles. The molecule has 3 rings (SSSR count). The van der Waals surface area contributed by atoms with Crippen LogP contribution in [0.1, 0.15) is 33.1 Å². The SMILES string of the molecule is CC1CC(C)C2NC(=O)C(CN(CCO)C(=S)Nc3ccc(O)cc3)CC2C1. The molecule has 1 aliphatic carbocycles. The average Bonchev–Trinajstić information content (AvgIpc) is 2.64. The van der Waals surface area contributed by atoms with Crippen molar-refractivity contribution in [2.24, 2.45) is 23.7 Å². The van der Waals surface area contributed by atoms with Crippen LogP contribution in [0.3, 0.4) is 0 Å². The second-order valence-corrected chi connectivity index (χ2v) is 8.81. The Balaban J connectivity index is 1.65. The molecule has 1 heterocycles. The highest BCUT2D eigenvalue weighted by Gasteiger charge is 2.42. The normalized spacial score (nSPS) is 29.5. The van der Waals surface area contributed by atoms with Gasteiger partial charge in [0, 0.05) is 24.8 Å². The van der Waals surface area contributed by atoms with Crippen molar-refractivity contribution in [3.63, 3.8) is 0 Å². The minimum Gasteiger partial charge on any atom is -0.508 e. The largest absolute Gasteiger partial charge is 0.508 e. The maximum atomic E-state index is 12.7. The summed E-state index contributed by atoms with van der Waals surface area (Å²) in [5.41, 5.74) is 0.758. The quantitative estimate of drug-likeness (QED) is 0.445. The second kappa shape index (κ2) is 9.09. The van der Waals surface area contributed by atoms with Gasteiger partial charge < -0.3 is 25.7 Å². The molecule has 5 unspecified atom stereocenters. The molecule has 1 aliphatic heterocycles. The van der Waals surface area contributed by atoms with Gasteiger partial charge in [0.05, 0.1) is 12.5 Å². The molecular formula is C21H31N3O3S. The maximum Gasteiger partial charge on any atom is 0.225 e. The van der Waals surface area contributed by atoms with E-state index in [9.17, 15) is 15.0 Å². The number of carbonyl (C=O) groups excluding carboxylic acids is 1. The van der Waals surface area contributed by atoms with E-state index >= 15 is 0 Å². The summed E-state index contributed by atoms with van der Waals surface area (Å²) in [6.45, 7) is 5.36. The number of benzene rings is 1. The molecular weight excluding hydrogens is 374 g/mol. The van der Waals surface area contributed by atoms with E-state index in [-0.39, 0.29) is 30.2 Å². The number of hydrogen-bond donors (Lipinski definition) is 4. The van der Waals surface area contributed by atoms with Crippen LogP contribution in [0, 0.1) is 23.7 Å². The summed E-state index contributed by atoms with van der Waals surface area (Å²) in [4.78, 5) is 14.6. The lowest BCUT2D eigenvalue weighted by Crippen LogP contribution is -2.57. The van der Waals surface area contributed by atoms with Crippen molar-refractivity contribution in [1.29, 1.82) is 0 Å². The van der Waals surface area contributed by atoms with Crippen LogP contribution < -0.4 is 10.6 Å². The summed E-state index contributed by atoms with van der Waals surface area (Å²) in [6, 6.07) is 6.93. The Hall–Kier alpha value is -1.86. The number of phenolic OH excluding ortho intramolecular Hbond substituents is 1. The van der Waals surface area contributed by atoms with Crippen molar-refractivity contribution in [2.75, 3.05) is 25.0 Å². The molecule has 154 valence electrons. The van der Waals surface area contributed by atoms with Crippen LogP contribution in [0.4, 0.5) is 5.69 Å². The number of aliphatic hydroxyl groups excluding tert-OH is 1. The predicted octanol–water partition coefficient (Wildman–Crippen LogP) is 2.57. The first-order valence-corrected chi connectivity index (χ1v) is 10.5. The number of amides is 1. The van der Waals surface area contributed by atoms with Crippen molar-refractivity contribution in [3.8, 4) is 5.75 Å². The minimum atomic E-state index is -0.134. The van der Waals surface area contributed by atoms with Gasteiger partial charge in [-0.05, 0) is 73.5 Å². The van der Waals surface area contributed by atoms with Gasteiger partial charge in [0.25, 0.3) is 0 Å². The number of carbonyl (C=O) groups is 1. The number of nitrogens with one attached hydrogen (secondary N) is 2. The fraction of sp³-hybridized carbons (Fsp3) is 0.619. The summed E-state index contributed by atoms with van der Waals surface area (Å²) in [7, 11) is 0. The lowest BCUT2D eigenvalue weighted by molar-refractivity contribution is -0.131. The first-order valence-electron chi connectivity index (χ1n) is 10.1. The van der Waals surface area contributed by atoms with Gasteiger partial charge in [-0.1, -0.05) is 13.8 Å². The number of thiocarbonyl (C=S) groups is 1. The van der Waals surface area contributed by atoms with Gasteiger partial charge in [-0.15, -0.1) is 0 Å². The third kappa shape index (κ3) is 4.94. The van der Waals surface area contributed by atoms with Gasteiger partial charge in [0.15, 0.2) is 5.11 Å². The van der Waals surface area contributed by atoms with Gasteiger partial charge >= 0.3 is 0 Å². The number of piperidine rings is 1. The number of anilines is 1. The fourth-order valence-electron chi connectivity index (χ4n) is 4.83. The highest BCUT2D eigenvalue weighted by Crippen LogP contribution is 2.39. The van der Waals surface area contributed by atoms with E-state index in [1.807, 2.05) is 4.90 Å². The van der Waals surface area contributed by atoms with Crippen molar-refractivity contribution in [3.05, 3.63) is 24.3 Å². The van der Waals surface area contributed by atoms with Crippen LogP contribution in [-0.4, -0.2) is 51.9 Å². The average molecular weight is 406 g/mol. The topological polar surface area (TPSA) is 84.8 Å². The number of phenols is 1. The van der Waals surface area contributed by atoms with Gasteiger partial charge in [0.1, 0.15) is 5.75 Å². The molecule has 2 aliphatic rings. The van der Waals surface area contributed by atoms with Gasteiger partial charge in [-0.25, -0.2) is 0 Å². The molecule has 0 bridgehead atoms. The Bertz CT molecular complexity index is 697. The van der Waals surface area contributed by atoms with Gasteiger partial charge in [-0.3, -0.25) is 4.79 Å². The summed E-state index contributed by atoms with van der Waals surface area (Å²) < 4.78 is 0. The van der Waals surface area contributed by atoms with E-state index in [1.165, 1.54) is 6.42 Å². The Morgan fingerprint density at radius 3 is 2.64 bits per heavy atom. The van der Waals surface area contributed by atoms with E-state index in [1.54, 1.807) is 24.3 Å². The number of aromatic hydroxyl groups is 1. The first-order chi connectivity index (χ1) is 13.4. The lowest BCUT2D eigenvalue weighted by Gasteiger charge is -2.45. The Labute approximate surface area is 172 Å². The minimum absolute atomic E-state index is 0.0359. The summed E-state index contributed by atoms with van der Waals surface area (Å²) in [5.74, 6) is 1.87. The molecule has 0 aromatic heterocycles. The molecule has 2 fully saturated rings.